The molecule has 6 heteroatoms. The number of nitrogens with zero attached hydrogens (tertiary/aromatic N) is 1. The summed E-state index contributed by atoms with van der Waals surface area (Å²) in [5, 5.41) is 9.73. The normalized spacial score (nSPS) is 11.4. The monoisotopic (exact) mass is 269 g/mol. The molecule has 0 fully saturated rings. The van der Waals surface area contributed by atoms with Gasteiger partial charge in [0.1, 0.15) is 17.2 Å². The van der Waals surface area contributed by atoms with Gasteiger partial charge in [-0.05, 0) is 42.8 Å². The van der Waals surface area contributed by atoms with Crippen molar-refractivity contribution in [3.05, 3.63) is 42.1 Å². The first-order valence-electron chi connectivity index (χ1n) is 5.37. The molecule has 19 heavy (non-hydrogen) atoms. The van der Waals surface area contributed by atoms with Gasteiger partial charge in [0.15, 0.2) is 0 Å². The van der Waals surface area contributed by atoms with Crippen LogP contribution in [0, 0.1) is 6.92 Å². The molecule has 0 aliphatic heterocycles. The second-order valence-corrected chi connectivity index (χ2v) is 3.95. The van der Waals surface area contributed by atoms with Crippen molar-refractivity contribution in [2.24, 2.45) is 0 Å². The SMILES string of the molecule is Cc1cnc(-c2ccc(OC(F)(F)F)cc2)c(O)c1. The van der Waals surface area contributed by atoms with E-state index >= 15 is 0 Å². The molecule has 2 rings (SSSR count). The third-order valence-corrected chi connectivity index (χ3v) is 2.37. The summed E-state index contributed by atoms with van der Waals surface area (Å²) in [6.07, 6.45) is -3.15. The Hall–Kier alpha value is -2.24. The number of aromatic nitrogens is 1. The third kappa shape index (κ3) is 3.37. The number of ether oxygens (including phenoxy) is 1. The van der Waals surface area contributed by atoms with Crippen molar-refractivity contribution in [3.63, 3.8) is 0 Å². The maximum Gasteiger partial charge on any atom is 0.573 e. The molecule has 1 aromatic heterocycles. The van der Waals surface area contributed by atoms with Crippen molar-refractivity contribution >= 4 is 0 Å². The van der Waals surface area contributed by atoms with Crippen LogP contribution in [0.2, 0.25) is 0 Å². The van der Waals surface area contributed by atoms with Crippen LogP contribution in [0.15, 0.2) is 36.5 Å². The molecule has 0 saturated carbocycles. The zero-order chi connectivity index (χ0) is 14.0. The number of alkyl halides is 3. The number of hydrogen-bond donors (Lipinski definition) is 1. The lowest BCUT2D eigenvalue weighted by Crippen LogP contribution is -2.16. The fraction of sp³-hybridized carbons (Fsp3) is 0.154. The third-order valence-electron chi connectivity index (χ3n) is 2.37. The van der Waals surface area contributed by atoms with Gasteiger partial charge in [-0.2, -0.15) is 0 Å². The average Bonchev–Trinajstić information content (AvgIpc) is 2.28. The molecule has 0 atom stereocenters. The molecular weight excluding hydrogens is 259 g/mol. The van der Waals surface area contributed by atoms with Gasteiger partial charge in [0.2, 0.25) is 0 Å². The van der Waals surface area contributed by atoms with Gasteiger partial charge in [0.25, 0.3) is 0 Å². The Morgan fingerprint density at radius 2 is 1.79 bits per heavy atom. The molecule has 0 saturated heterocycles. The maximum atomic E-state index is 12.0. The minimum atomic E-state index is -4.72. The molecule has 1 heterocycles. The van der Waals surface area contributed by atoms with Crippen LogP contribution in [0.1, 0.15) is 5.56 Å². The Morgan fingerprint density at radius 1 is 1.16 bits per heavy atom. The molecule has 2 aromatic rings. The Bertz CT molecular complexity index is 579. The Balaban J connectivity index is 2.27. The van der Waals surface area contributed by atoms with Gasteiger partial charge in [-0.3, -0.25) is 4.98 Å². The summed E-state index contributed by atoms with van der Waals surface area (Å²) in [7, 11) is 0. The van der Waals surface area contributed by atoms with E-state index in [9.17, 15) is 18.3 Å². The highest BCUT2D eigenvalue weighted by Crippen LogP contribution is 2.30. The molecular formula is C13H10F3NO2. The smallest absolute Gasteiger partial charge is 0.506 e. The van der Waals surface area contributed by atoms with E-state index in [4.69, 9.17) is 0 Å². The lowest BCUT2D eigenvalue weighted by atomic mass is 10.1. The Kier molecular flexibility index (Phi) is 3.33. The van der Waals surface area contributed by atoms with E-state index in [1.807, 2.05) is 0 Å². The summed E-state index contributed by atoms with van der Waals surface area (Å²) in [6, 6.07) is 6.67. The van der Waals surface area contributed by atoms with Gasteiger partial charge in [-0.1, -0.05) is 0 Å². The van der Waals surface area contributed by atoms with Crippen molar-refractivity contribution in [1.29, 1.82) is 0 Å². The van der Waals surface area contributed by atoms with E-state index in [2.05, 4.69) is 9.72 Å². The highest BCUT2D eigenvalue weighted by Gasteiger charge is 2.30. The average molecular weight is 269 g/mol. The van der Waals surface area contributed by atoms with Crippen LogP contribution in [0.25, 0.3) is 11.3 Å². The molecule has 1 N–H and O–H groups in total. The van der Waals surface area contributed by atoms with E-state index in [1.54, 1.807) is 13.1 Å². The molecule has 1 aromatic carbocycles. The van der Waals surface area contributed by atoms with Crippen LogP contribution in [0.5, 0.6) is 11.5 Å². The summed E-state index contributed by atoms with van der Waals surface area (Å²) in [6.45, 7) is 1.77. The topological polar surface area (TPSA) is 42.4 Å². The van der Waals surface area contributed by atoms with Crippen LogP contribution in [-0.2, 0) is 0 Å². The van der Waals surface area contributed by atoms with E-state index in [0.29, 0.717) is 11.3 Å². The summed E-state index contributed by atoms with van der Waals surface area (Å²) in [4.78, 5) is 4.04. The standard InChI is InChI=1S/C13H10F3NO2/c1-8-6-11(18)12(17-7-8)9-2-4-10(5-3-9)19-13(14,15)16/h2-7,18H,1H3. The highest BCUT2D eigenvalue weighted by atomic mass is 19.4. The molecule has 0 radical (unpaired) electrons. The van der Waals surface area contributed by atoms with Gasteiger partial charge in [-0.15, -0.1) is 13.2 Å². The van der Waals surface area contributed by atoms with E-state index < -0.39 is 6.36 Å². The fourth-order valence-electron chi connectivity index (χ4n) is 1.59. The lowest BCUT2D eigenvalue weighted by molar-refractivity contribution is -0.274. The van der Waals surface area contributed by atoms with Gasteiger partial charge in [0, 0.05) is 11.8 Å². The first-order chi connectivity index (χ1) is 8.85. The summed E-state index contributed by atoms with van der Waals surface area (Å²) < 4.78 is 39.8. The summed E-state index contributed by atoms with van der Waals surface area (Å²) in [5.74, 6) is -0.340. The number of halogens is 3. The lowest BCUT2D eigenvalue weighted by Gasteiger charge is -2.09. The number of aryl methyl sites for hydroxylation is 1. The number of aromatic hydroxyl groups is 1. The van der Waals surface area contributed by atoms with Gasteiger partial charge in [-0.25, -0.2) is 0 Å². The van der Waals surface area contributed by atoms with Crippen molar-refractivity contribution in [2.45, 2.75) is 13.3 Å². The molecule has 0 spiro atoms. The van der Waals surface area contributed by atoms with Crippen LogP contribution in [0.4, 0.5) is 13.2 Å². The van der Waals surface area contributed by atoms with Crippen LogP contribution in [-0.4, -0.2) is 16.5 Å². The molecule has 0 bridgehead atoms. The molecule has 0 unspecified atom stereocenters. The van der Waals surface area contributed by atoms with Crippen molar-refractivity contribution in [1.82, 2.24) is 4.98 Å². The Labute approximate surface area is 107 Å². The number of rotatable bonds is 2. The second-order valence-electron chi connectivity index (χ2n) is 3.95. The molecule has 0 aliphatic rings. The highest BCUT2D eigenvalue weighted by molar-refractivity contribution is 5.66. The predicted molar refractivity (Wildman–Crippen MR) is 62.8 cm³/mol. The number of benzene rings is 1. The minimum absolute atomic E-state index is 0.0236. The minimum Gasteiger partial charge on any atom is -0.506 e. The maximum absolute atomic E-state index is 12.0. The number of pyridine rings is 1. The van der Waals surface area contributed by atoms with Gasteiger partial charge >= 0.3 is 6.36 Å². The van der Waals surface area contributed by atoms with Crippen LogP contribution >= 0.6 is 0 Å². The van der Waals surface area contributed by atoms with Gasteiger partial charge in [0.05, 0.1) is 0 Å². The Morgan fingerprint density at radius 3 is 2.32 bits per heavy atom. The molecule has 0 amide bonds. The fourth-order valence-corrected chi connectivity index (χ4v) is 1.59. The first-order valence-corrected chi connectivity index (χ1v) is 5.37. The summed E-state index contributed by atoms with van der Waals surface area (Å²) >= 11 is 0. The number of hydrogen-bond acceptors (Lipinski definition) is 3. The van der Waals surface area contributed by atoms with E-state index in [-0.39, 0.29) is 11.5 Å². The van der Waals surface area contributed by atoms with Crippen molar-refractivity contribution < 1.29 is 23.0 Å². The first kappa shape index (κ1) is 13.2. The van der Waals surface area contributed by atoms with Crippen molar-refractivity contribution in [2.75, 3.05) is 0 Å². The van der Waals surface area contributed by atoms with Crippen molar-refractivity contribution in [3.8, 4) is 22.8 Å². The quantitative estimate of drug-likeness (QED) is 0.904. The second kappa shape index (κ2) is 4.79. The van der Waals surface area contributed by atoms with E-state index in [1.165, 1.54) is 30.3 Å². The largest absolute Gasteiger partial charge is 0.573 e. The van der Waals surface area contributed by atoms with E-state index in [0.717, 1.165) is 5.56 Å². The predicted octanol–water partition coefficient (Wildman–Crippen LogP) is 3.66. The zero-order valence-electron chi connectivity index (χ0n) is 9.90. The molecule has 3 nitrogen and oxygen atoms in total. The van der Waals surface area contributed by atoms with Crippen LogP contribution < -0.4 is 4.74 Å². The zero-order valence-corrected chi connectivity index (χ0v) is 9.90. The molecule has 100 valence electrons. The van der Waals surface area contributed by atoms with Gasteiger partial charge < -0.3 is 9.84 Å². The molecule has 0 aliphatic carbocycles. The van der Waals surface area contributed by atoms with Crippen LogP contribution in [0.3, 0.4) is 0 Å². The summed E-state index contributed by atoms with van der Waals surface area (Å²) in [5.41, 5.74) is 1.61.